The fourth-order valence-corrected chi connectivity index (χ4v) is 7.03. The number of fused-ring (bicyclic) bond motifs is 1. The van der Waals surface area contributed by atoms with Crippen LogP contribution >= 0.6 is 11.3 Å². The molecule has 3 aromatic rings. The minimum absolute atomic E-state index is 0.199. The molecule has 2 heterocycles. The normalized spacial score (nSPS) is 17.5. The van der Waals surface area contributed by atoms with E-state index in [9.17, 15) is 13.2 Å². The van der Waals surface area contributed by atoms with Crippen molar-refractivity contribution in [1.82, 2.24) is 8.87 Å². The second-order valence-corrected chi connectivity index (χ2v) is 11.8. The van der Waals surface area contributed by atoms with Crippen molar-refractivity contribution in [2.75, 3.05) is 32.9 Å². The summed E-state index contributed by atoms with van der Waals surface area (Å²) in [6.07, 6.45) is 1.90. The maximum absolute atomic E-state index is 13.1. The van der Waals surface area contributed by atoms with Gasteiger partial charge in [-0.05, 0) is 75.1 Å². The third kappa shape index (κ3) is 5.88. The Hall–Kier alpha value is -2.53. The SMILES string of the molecule is CCOCCn1c(=NC(=O)c2ccc(S(=O)(=O)N3CCCC(C)C3)cc2)sc2cc(OCC)ccc21. The molecule has 1 aliphatic rings. The molecule has 1 aliphatic heterocycles. The number of thiazole rings is 1. The van der Waals surface area contributed by atoms with Gasteiger partial charge in [0.2, 0.25) is 10.0 Å². The minimum Gasteiger partial charge on any atom is -0.494 e. The van der Waals surface area contributed by atoms with Gasteiger partial charge in [0.05, 0.1) is 28.3 Å². The first-order chi connectivity index (χ1) is 17.3. The molecule has 2 aromatic carbocycles. The summed E-state index contributed by atoms with van der Waals surface area (Å²) in [7, 11) is -3.58. The molecule has 8 nitrogen and oxygen atoms in total. The number of sulfonamides is 1. The van der Waals surface area contributed by atoms with Gasteiger partial charge in [-0.3, -0.25) is 4.79 Å². The molecule has 1 unspecified atom stereocenters. The third-order valence-electron chi connectivity index (χ3n) is 6.18. The highest BCUT2D eigenvalue weighted by Crippen LogP contribution is 2.25. The summed E-state index contributed by atoms with van der Waals surface area (Å²) in [5.74, 6) is 0.682. The number of rotatable bonds is 9. The summed E-state index contributed by atoms with van der Waals surface area (Å²) in [6.45, 7) is 9.22. The molecule has 36 heavy (non-hydrogen) atoms. The zero-order valence-corrected chi connectivity index (χ0v) is 22.6. The number of carbonyl (C=O) groups is 1. The van der Waals surface area contributed by atoms with E-state index >= 15 is 0 Å². The van der Waals surface area contributed by atoms with E-state index in [0.29, 0.717) is 55.7 Å². The largest absolute Gasteiger partial charge is 0.494 e. The number of piperidine rings is 1. The highest BCUT2D eigenvalue weighted by atomic mass is 32.2. The predicted molar refractivity (Wildman–Crippen MR) is 141 cm³/mol. The summed E-state index contributed by atoms with van der Waals surface area (Å²) in [6, 6.07) is 11.9. The Morgan fingerprint density at radius 3 is 2.61 bits per heavy atom. The molecule has 1 atom stereocenters. The fraction of sp³-hybridized carbons (Fsp3) is 0.462. The lowest BCUT2D eigenvalue weighted by molar-refractivity contribution is 0.0996. The molecule has 0 radical (unpaired) electrons. The van der Waals surface area contributed by atoms with E-state index in [1.807, 2.05) is 36.6 Å². The molecule has 0 spiro atoms. The number of ether oxygens (including phenoxy) is 2. The average molecular weight is 532 g/mol. The molecule has 1 aromatic heterocycles. The maximum atomic E-state index is 13.1. The van der Waals surface area contributed by atoms with Crippen LogP contribution in [0.1, 0.15) is 44.0 Å². The van der Waals surface area contributed by atoms with E-state index in [0.717, 1.165) is 28.8 Å². The summed E-state index contributed by atoms with van der Waals surface area (Å²) < 4.78 is 41.7. The van der Waals surface area contributed by atoms with Crippen LogP contribution in [0, 0.1) is 5.92 Å². The van der Waals surface area contributed by atoms with Crippen molar-refractivity contribution in [1.29, 1.82) is 0 Å². The Kier molecular flexibility index (Phi) is 8.61. The quantitative estimate of drug-likeness (QED) is 0.384. The van der Waals surface area contributed by atoms with Gasteiger partial charge in [-0.25, -0.2) is 8.42 Å². The molecule has 1 fully saturated rings. The summed E-state index contributed by atoms with van der Waals surface area (Å²) >= 11 is 1.41. The molecular weight excluding hydrogens is 498 g/mol. The van der Waals surface area contributed by atoms with E-state index in [4.69, 9.17) is 9.47 Å². The van der Waals surface area contributed by atoms with Crippen molar-refractivity contribution in [3.63, 3.8) is 0 Å². The van der Waals surface area contributed by atoms with Gasteiger partial charge in [0.15, 0.2) is 4.80 Å². The standard InChI is InChI=1S/C26H33N3O5S2/c1-4-33-16-15-29-23-13-10-21(34-5-2)17-24(23)35-26(29)27-25(30)20-8-11-22(12-9-20)36(31,32)28-14-6-7-19(3)18-28/h8-13,17,19H,4-7,14-16,18H2,1-3H3. The topological polar surface area (TPSA) is 90.2 Å². The molecule has 0 aliphatic carbocycles. The second kappa shape index (κ2) is 11.7. The van der Waals surface area contributed by atoms with Gasteiger partial charge >= 0.3 is 0 Å². The van der Waals surface area contributed by atoms with Crippen LogP contribution in [0.4, 0.5) is 0 Å². The number of aromatic nitrogens is 1. The molecule has 10 heteroatoms. The van der Waals surface area contributed by atoms with Gasteiger partial charge in [-0.15, -0.1) is 0 Å². The van der Waals surface area contributed by atoms with Crippen molar-refractivity contribution in [2.45, 2.75) is 45.1 Å². The first-order valence-corrected chi connectivity index (χ1v) is 14.6. The molecular formula is C26H33N3O5S2. The number of hydrogen-bond acceptors (Lipinski definition) is 6. The summed E-state index contributed by atoms with van der Waals surface area (Å²) in [5, 5.41) is 0. The summed E-state index contributed by atoms with van der Waals surface area (Å²) in [5.41, 5.74) is 1.29. The van der Waals surface area contributed by atoms with Crippen LogP contribution in [0.15, 0.2) is 52.4 Å². The van der Waals surface area contributed by atoms with Crippen LogP contribution < -0.4 is 9.54 Å². The van der Waals surface area contributed by atoms with Crippen molar-refractivity contribution in [2.24, 2.45) is 10.9 Å². The highest BCUT2D eigenvalue weighted by Gasteiger charge is 2.28. The number of hydrogen-bond donors (Lipinski definition) is 0. The maximum Gasteiger partial charge on any atom is 0.279 e. The van der Waals surface area contributed by atoms with Gasteiger partial charge in [-0.2, -0.15) is 9.30 Å². The smallest absolute Gasteiger partial charge is 0.279 e. The molecule has 0 saturated carbocycles. The van der Waals surface area contributed by atoms with Gasteiger partial charge in [0.25, 0.3) is 5.91 Å². The average Bonchev–Trinajstić information content (AvgIpc) is 3.20. The van der Waals surface area contributed by atoms with Gasteiger partial charge in [-0.1, -0.05) is 18.3 Å². The highest BCUT2D eigenvalue weighted by molar-refractivity contribution is 7.89. The fourth-order valence-electron chi connectivity index (χ4n) is 4.35. The van der Waals surface area contributed by atoms with Crippen molar-refractivity contribution >= 4 is 37.5 Å². The Labute approximate surface area is 216 Å². The van der Waals surface area contributed by atoms with E-state index in [1.165, 1.54) is 39.9 Å². The van der Waals surface area contributed by atoms with Crippen LogP contribution in [-0.4, -0.2) is 56.1 Å². The molecule has 1 saturated heterocycles. The first-order valence-electron chi connectivity index (χ1n) is 12.4. The Bertz CT molecular complexity index is 1380. The zero-order chi connectivity index (χ0) is 25.7. The minimum atomic E-state index is -3.58. The van der Waals surface area contributed by atoms with E-state index in [2.05, 4.69) is 11.9 Å². The van der Waals surface area contributed by atoms with Crippen LogP contribution in [-0.2, 0) is 21.3 Å². The first kappa shape index (κ1) is 26.5. The van der Waals surface area contributed by atoms with Crippen molar-refractivity contribution in [3.05, 3.63) is 52.8 Å². The number of amides is 1. The van der Waals surface area contributed by atoms with Crippen LogP contribution in [0.3, 0.4) is 0 Å². The van der Waals surface area contributed by atoms with Gasteiger partial charge in [0.1, 0.15) is 5.75 Å². The Balaban J connectivity index is 1.63. The van der Waals surface area contributed by atoms with Gasteiger partial charge in [0, 0.05) is 31.8 Å². The van der Waals surface area contributed by atoms with Crippen LogP contribution in [0.25, 0.3) is 10.2 Å². The van der Waals surface area contributed by atoms with Crippen LogP contribution in [0.5, 0.6) is 5.75 Å². The lowest BCUT2D eigenvalue weighted by atomic mass is 10.0. The van der Waals surface area contributed by atoms with Crippen molar-refractivity contribution in [3.8, 4) is 5.75 Å². The van der Waals surface area contributed by atoms with Crippen molar-refractivity contribution < 1.29 is 22.7 Å². The number of benzene rings is 2. The third-order valence-corrected chi connectivity index (χ3v) is 9.11. The van der Waals surface area contributed by atoms with E-state index < -0.39 is 15.9 Å². The lowest BCUT2D eigenvalue weighted by Gasteiger charge is -2.30. The molecule has 0 bridgehead atoms. The second-order valence-electron chi connectivity index (χ2n) is 8.85. The summed E-state index contributed by atoms with van der Waals surface area (Å²) in [4.78, 5) is 18.2. The van der Waals surface area contributed by atoms with E-state index in [-0.39, 0.29) is 4.90 Å². The molecule has 194 valence electrons. The molecule has 4 rings (SSSR count). The number of nitrogens with zero attached hydrogens (tertiary/aromatic N) is 3. The lowest BCUT2D eigenvalue weighted by Crippen LogP contribution is -2.39. The number of carbonyl (C=O) groups excluding carboxylic acids is 1. The molecule has 0 N–H and O–H groups in total. The zero-order valence-electron chi connectivity index (χ0n) is 21.0. The van der Waals surface area contributed by atoms with Crippen LogP contribution in [0.2, 0.25) is 0 Å². The monoisotopic (exact) mass is 531 g/mol. The predicted octanol–water partition coefficient (Wildman–Crippen LogP) is 4.30. The van der Waals surface area contributed by atoms with Gasteiger partial charge < -0.3 is 14.0 Å². The van der Waals surface area contributed by atoms with E-state index in [1.54, 1.807) is 0 Å². The Morgan fingerprint density at radius 1 is 1.14 bits per heavy atom. The molecule has 1 amide bonds. The Morgan fingerprint density at radius 2 is 1.92 bits per heavy atom.